The van der Waals surface area contributed by atoms with Crippen molar-refractivity contribution in [3.63, 3.8) is 0 Å². The molecule has 1 aliphatic rings. The van der Waals surface area contributed by atoms with E-state index in [0.717, 1.165) is 12.8 Å². The van der Waals surface area contributed by atoms with Crippen molar-refractivity contribution >= 4 is 33.2 Å². The van der Waals surface area contributed by atoms with Crippen LogP contribution in [0.1, 0.15) is 19.3 Å². The van der Waals surface area contributed by atoms with Crippen LogP contribution in [0.25, 0.3) is 0 Å². The van der Waals surface area contributed by atoms with E-state index in [9.17, 15) is 8.42 Å². The normalized spacial score (nSPS) is 17.4. The van der Waals surface area contributed by atoms with Crippen molar-refractivity contribution in [2.75, 3.05) is 13.2 Å². The van der Waals surface area contributed by atoms with Crippen LogP contribution in [0.4, 0.5) is 0 Å². The maximum Gasteiger partial charge on any atom is 0.242 e. The molecular weight excluding hydrogens is 309 g/mol. The van der Waals surface area contributed by atoms with Crippen LogP contribution in [0, 0.1) is 5.41 Å². The number of aliphatic hydroxyl groups excluding tert-OH is 1. The molecule has 0 bridgehead atoms. The van der Waals surface area contributed by atoms with Gasteiger partial charge in [-0.05, 0) is 42.9 Å². The van der Waals surface area contributed by atoms with E-state index in [1.807, 2.05) is 0 Å². The Morgan fingerprint density at radius 1 is 1.32 bits per heavy atom. The van der Waals surface area contributed by atoms with Gasteiger partial charge >= 0.3 is 0 Å². The van der Waals surface area contributed by atoms with Gasteiger partial charge in [0.2, 0.25) is 10.0 Å². The van der Waals surface area contributed by atoms with Crippen LogP contribution < -0.4 is 4.72 Å². The summed E-state index contributed by atoms with van der Waals surface area (Å²) < 4.78 is 26.9. The summed E-state index contributed by atoms with van der Waals surface area (Å²) in [5, 5.41) is 9.42. The first kappa shape index (κ1) is 15.1. The number of rotatable bonds is 6. The second-order valence-electron chi connectivity index (χ2n) is 4.87. The highest BCUT2D eigenvalue weighted by molar-refractivity contribution is 7.89. The molecule has 4 nitrogen and oxygen atoms in total. The van der Waals surface area contributed by atoms with Crippen molar-refractivity contribution in [3.8, 4) is 0 Å². The minimum Gasteiger partial charge on any atom is -0.396 e. The molecule has 0 heterocycles. The third-order valence-corrected chi connectivity index (χ3v) is 5.54. The number of sulfonamides is 1. The molecule has 1 aliphatic carbocycles. The zero-order valence-electron chi connectivity index (χ0n) is 10.2. The highest BCUT2D eigenvalue weighted by atomic mass is 35.5. The van der Waals surface area contributed by atoms with Gasteiger partial charge in [-0.15, -0.1) is 0 Å². The molecule has 7 heteroatoms. The van der Waals surface area contributed by atoms with Gasteiger partial charge in [0, 0.05) is 18.2 Å². The van der Waals surface area contributed by atoms with Gasteiger partial charge in [0.25, 0.3) is 0 Å². The first-order chi connectivity index (χ1) is 8.88. The van der Waals surface area contributed by atoms with Gasteiger partial charge in [-0.1, -0.05) is 23.2 Å². The Balaban J connectivity index is 2.12. The molecule has 0 aliphatic heterocycles. The fourth-order valence-electron chi connectivity index (χ4n) is 1.94. The Morgan fingerprint density at radius 2 is 2.00 bits per heavy atom. The lowest BCUT2D eigenvalue weighted by molar-refractivity contribution is 0.249. The predicted molar refractivity (Wildman–Crippen MR) is 75.0 cm³/mol. The average Bonchev–Trinajstić information content (AvgIpc) is 3.11. The van der Waals surface area contributed by atoms with Gasteiger partial charge in [0.05, 0.1) is 5.02 Å². The highest BCUT2D eigenvalue weighted by Gasteiger charge is 2.42. The van der Waals surface area contributed by atoms with Crippen LogP contribution in [0.15, 0.2) is 23.1 Å². The molecule has 0 amide bonds. The molecule has 2 rings (SSSR count). The minimum atomic E-state index is -3.67. The topological polar surface area (TPSA) is 66.4 Å². The molecular formula is C12H15Cl2NO3S. The van der Waals surface area contributed by atoms with Crippen LogP contribution in [0.2, 0.25) is 10.0 Å². The lowest BCUT2D eigenvalue weighted by Crippen LogP contribution is -2.31. The third-order valence-electron chi connectivity index (χ3n) is 3.42. The predicted octanol–water partition coefficient (Wildman–Crippen LogP) is 2.43. The molecule has 19 heavy (non-hydrogen) atoms. The number of nitrogens with one attached hydrogen (secondary N) is 1. The molecule has 106 valence electrons. The lowest BCUT2D eigenvalue weighted by atomic mass is 10.0. The van der Waals surface area contributed by atoms with Crippen LogP contribution in [0.5, 0.6) is 0 Å². The molecule has 0 unspecified atom stereocenters. The molecule has 2 N–H and O–H groups in total. The fourth-order valence-corrected chi connectivity index (χ4v) is 3.86. The maximum absolute atomic E-state index is 12.2. The van der Waals surface area contributed by atoms with E-state index in [-0.39, 0.29) is 21.9 Å². The summed E-state index contributed by atoms with van der Waals surface area (Å²) in [6.45, 7) is 0.387. The van der Waals surface area contributed by atoms with E-state index in [1.165, 1.54) is 18.2 Å². The van der Waals surface area contributed by atoms with Gasteiger partial charge in [-0.25, -0.2) is 13.1 Å². The summed E-state index contributed by atoms with van der Waals surface area (Å²) in [4.78, 5) is -0.0125. The van der Waals surface area contributed by atoms with Crippen LogP contribution in [-0.4, -0.2) is 26.7 Å². The molecule has 0 atom stereocenters. The molecule has 1 saturated carbocycles. The molecule has 1 aromatic carbocycles. The zero-order chi connectivity index (χ0) is 14.1. The summed E-state index contributed by atoms with van der Waals surface area (Å²) >= 11 is 11.7. The summed E-state index contributed by atoms with van der Waals surface area (Å²) in [6.07, 6.45) is 2.47. The van der Waals surface area contributed by atoms with Crippen LogP contribution in [0.3, 0.4) is 0 Å². The number of hydrogen-bond acceptors (Lipinski definition) is 3. The number of halogens is 2. The van der Waals surface area contributed by atoms with Crippen molar-refractivity contribution in [2.24, 2.45) is 5.41 Å². The number of aliphatic hydroxyl groups is 1. The Kier molecular flexibility index (Phi) is 4.42. The van der Waals surface area contributed by atoms with Gasteiger partial charge in [0.15, 0.2) is 0 Å². The van der Waals surface area contributed by atoms with E-state index in [1.54, 1.807) is 0 Å². The summed E-state index contributed by atoms with van der Waals surface area (Å²) in [5.74, 6) is 0. The number of hydrogen-bond donors (Lipinski definition) is 2. The molecule has 0 aromatic heterocycles. The summed E-state index contributed by atoms with van der Waals surface area (Å²) in [6, 6.07) is 4.33. The van der Waals surface area contributed by atoms with Gasteiger partial charge < -0.3 is 5.11 Å². The van der Waals surface area contributed by atoms with Crippen molar-refractivity contribution < 1.29 is 13.5 Å². The molecule has 0 radical (unpaired) electrons. The quantitative estimate of drug-likeness (QED) is 0.845. The van der Waals surface area contributed by atoms with E-state index < -0.39 is 10.0 Å². The fraction of sp³-hybridized carbons (Fsp3) is 0.500. The van der Waals surface area contributed by atoms with Gasteiger partial charge in [-0.3, -0.25) is 0 Å². The van der Waals surface area contributed by atoms with Gasteiger partial charge in [0.1, 0.15) is 4.90 Å². The summed E-state index contributed by atoms with van der Waals surface area (Å²) in [7, 11) is -3.67. The highest BCUT2D eigenvalue weighted by Crippen LogP contribution is 2.48. The van der Waals surface area contributed by atoms with Crippen molar-refractivity contribution in [3.05, 3.63) is 28.2 Å². The minimum absolute atomic E-state index is 0.0125. The Morgan fingerprint density at radius 3 is 2.58 bits per heavy atom. The Labute approximate surface area is 122 Å². The van der Waals surface area contributed by atoms with E-state index in [2.05, 4.69) is 4.72 Å². The second-order valence-corrected chi connectivity index (χ2v) is 7.45. The standard InChI is InChI=1S/C12H15Cl2NO3S/c13-9-1-2-10(14)11(7-9)19(17,18)15-8-12(3-4-12)5-6-16/h1-2,7,15-16H,3-6,8H2. The molecule has 0 saturated heterocycles. The Bertz CT molecular complexity index is 570. The van der Waals surface area contributed by atoms with E-state index >= 15 is 0 Å². The van der Waals surface area contributed by atoms with Crippen molar-refractivity contribution in [1.29, 1.82) is 0 Å². The van der Waals surface area contributed by atoms with Crippen molar-refractivity contribution in [2.45, 2.75) is 24.2 Å². The third kappa shape index (κ3) is 3.61. The monoisotopic (exact) mass is 323 g/mol. The molecule has 0 spiro atoms. The maximum atomic E-state index is 12.2. The van der Waals surface area contributed by atoms with Crippen LogP contribution in [-0.2, 0) is 10.0 Å². The first-order valence-corrected chi connectivity index (χ1v) is 8.18. The average molecular weight is 324 g/mol. The Hall–Kier alpha value is -0.330. The molecule has 1 fully saturated rings. The summed E-state index contributed by atoms with van der Waals surface area (Å²) in [5.41, 5.74) is -0.0904. The SMILES string of the molecule is O=S(=O)(NCC1(CCO)CC1)c1cc(Cl)ccc1Cl. The largest absolute Gasteiger partial charge is 0.396 e. The van der Waals surface area contributed by atoms with E-state index in [4.69, 9.17) is 28.3 Å². The molecule has 1 aromatic rings. The first-order valence-electron chi connectivity index (χ1n) is 5.94. The second kappa shape index (κ2) is 5.58. The van der Waals surface area contributed by atoms with Crippen LogP contribution >= 0.6 is 23.2 Å². The van der Waals surface area contributed by atoms with Gasteiger partial charge in [-0.2, -0.15) is 0 Å². The van der Waals surface area contributed by atoms with Crippen molar-refractivity contribution in [1.82, 2.24) is 4.72 Å². The van der Waals surface area contributed by atoms with E-state index in [0.29, 0.717) is 18.0 Å². The lowest BCUT2D eigenvalue weighted by Gasteiger charge is -2.15. The number of benzene rings is 1. The zero-order valence-corrected chi connectivity index (χ0v) is 12.5. The smallest absolute Gasteiger partial charge is 0.242 e.